The molecule has 0 aromatic heterocycles. The van der Waals surface area contributed by atoms with E-state index in [0.29, 0.717) is 31.0 Å². The molecule has 0 spiro atoms. The van der Waals surface area contributed by atoms with Crippen molar-refractivity contribution in [2.45, 2.75) is 6.04 Å². The summed E-state index contributed by atoms with van der Waals surface area (Å²) in [4.78, 5) is 28.4. The van der Waals surface area contributed by atoms with Gasteiger partial charge < -0.3 is 19.7 Å². The number of rotatable bonds is 5. The highest BCUT2D eigenvalue weighted by atomic mass is 16.5. The van der Waals surface area contributed by atoms with E-state index in [-0.39, 0.29) is 11.9 Å². The van der Waals surface area contributed by atoms with Crippen molar-refractivity contribution in [3.8, 4) is 5.75 Å². The summed E-state index contributed by atoms with van der Waals surface area (Å²) >= 11 is 0. The third-order valence-electron chi connectivity index (χ3n) is 4.43. The van der Waals surface area contributed by atoms with Gasteiger partial charge in [0.1, 0.15) is 5.75 Å². The molecule has 7 nitrogen and oxygen atoms in total. The smallest absolute Gasteiger partial charge is 0.322 e. The molecule has 0 aliphatic carbocycles. The Kier molecular flexibility index (Phi) is 4.44. The molecule has 1 aromatic rings. The van der Waals surface area contributed by atoms with Crippen molar-refractivity contribution in [1.82, 2.24) is 15.1 Å². The Morgan fingerprint density at radius 1 is 1.29 bits per heavy atom. The van der Waals surface area contributed by atoms with E-state index in [1.807, 2.05) is 24.3 Å². The van der Waals surface area contributed by atoms with Gasteiger partial charge in [-0.1, -0.05) is 12.1 Å². The standard InChI is InChI=1S/C17H21N3O4/c1-19-13-10-20(7-8-23-2)16(21)14(13)15(18-17(19)22)11-5-4-6-12(9-11)24-3/h4-6,9,15H,7-8,10H2,1-3H3,(H,18,22)/t15-/m0/s1. The average molecular weight is 331 g/mol. The first-order valence-corrected chi connectivity index (χ1v) is 7.76. The number of nitrogens with one attached hydrogen (secondary N) is 1. The summed E-state index contributed by atoms with van der Waals surface area (Å²) in [5.74, 6) is 0.617. The Morgan fingerprint density at radius 3 is 2.79 bits per heavy atom. The highest BCUT2D eigenvalue weighted by Gasteiger charge is 2.42. The van der Waals surface area contributed by atoms with Gasteiger partial charge >= 0.3 is 6.03 Å². The molecule has 1 aromatic carbocycles. The lowest BCUT2D eigenvalue weighted by atomic mass is 9.95. The maximum Gasteiger partial charge on any atom is 0.322 e. The van der Waals surface area contributed by atoms with Crippen LogP contribution in [0.4, 0.5) is 4.79 Å². The molecule has 1 N–H and O–H groups in total. The molecule has 2 aliphatic rings. The normalized spacial score (nSPS) is 20.4. The van der Waals surface area contributed by atoms with Crippen molar-refractivity contribution in [3.05, 3.63) is 41.1 Å². The summed E-state index contributed by atoms with van der Waals surface area (Å²) in [5, 5.41) is 2.91. The number of carbonyl (C=O) groups excluding carboxylic acids is 2. The van der Waals surface area contributed by atoms with E-state index in [9.17, 15) is 9.59 Å². The van der Waals surface area contributed by atoms with Crippen LogP contribution in [0.1, 0.15) is 11.6 Å². The first-order valence-electron chi connectivity index (χ1n) is 7.76. The molecule has 24 heavy (non-hydrogen) atoms. The predicted molar refractivity (Wildman–Crippen MR) is 87.5 cm³/mol. The van der Waals surface area contributed by atoms with Crippen LogP contribution in [-0.4, -0.2) is 62.7 Å². The van der Waals surface area contributed by atoms with Crippen LogP contribution in [-0.2, 0) is 9.53 Å². The fourth-order valence-corrected chi connectivity index (χ4v) is 3.08. The van der Waals surface area contributed by atoms with Gasteiger partial charge in [-0.05, 0) is 17.7 Å². The lowest BCUT2D eigenvalue weighted by Gasteiger charge is -2.31. The van der Waals surface area contributed by atoms with Crippen molar-refractivity contribution < 1.29 is 19.1 Å². The zero-order valence-corrected chi connectivity index (χ0v) is 14.0. The van der Waals surface area contributed by atoms with Crippen LogP contribution < -0.4 is 10.1 Å². The number of methoxy groups -OCH3 is 2. The second kappa shape index (κ2) is 6.52. The summed E-state index contributed by atoms with van der Waals surface area (Å²) in [5.41, 5.74) is 2.18. The second-order valence-electron chi connectivity index (χ2n) is 5.80. The fraction of sp³-hybridized carbons (Fsp3) is 0.412. The summed E-state index contributed by atoms with van der Waals surface area (Å²) in [6.07, 6.45) is 0. The zero-order chi connectivity index (χ0) is 17.3. The first kappa shape index (κ1) is 16.3. The van der Waals surface area contributed by atoms with E-state index in [0.717, 1.165) is 11.3 Å². The summed E-state index contributed by atoms with van der Waals surface area (Å²) < 4.78 is 10.3. The molecule has 3 amide bonds. The number of amides is 3. The molecule has 0 fully saturated rings. The zero-order valence-electron chi connectivity index (χ0n) is 14.0. The van der Waals surface area contributed by atoms with E-state index in [1.165, 1.54) is 4.90 Å². The van der Waals surface area contributed by atoms with Crippen LogP contribution in [0.5, 0.6) is 5.75 Å². The summed E-state index contributed by atoms with van der Waals surface area (Å²) in [6.45, 7) is 1.37. The Balaban J connectivity index is 1.97. The molecule has 128 valence electrons. The maximum atomic E-state index is 12.8. The average Bonchev–Trinajstić information content (AvgIpc) is 2.93. The summed E-state index contributed by atoms with van der Waals surface area (Å²) in [7, 11) is 4.87. The molecule has 0 saturated heterocycles. The molecular weight excluding hydrogens is 310 g/mol. The van der Waals surface area contributed by atoms with Gasteiger partial charge in [0.25, 0.3) is 5.91 Å². The van der Waals surface area contributed by atoms with Crippen molar-refractivity contribution in [1.29, 1.82) is 0 Å². The van der Waals surface area contributed by atoms with Crippen molar-refractivity contribution >= 4 is 11.9 Å². The quantitative estimate of drug-likeness (QED) is 0.878. The first-order chi connectivity index (χ1) is 11.6. The van der Waals surface area contributed by atoms with Crippen LogP contribution in [0, 0.1) is 0 Å². The molecule has 0 unspecified atom stereocenters. The van der Waals surface area contributed by atoms with Gasteiger partial charge in [-0.2, -0.15) is 0 Å². The largest absolute Gasteiger partial charge is 0.497 e. The Morgan fingerprint density at radius 2 is 2.08 bits per heavy atom. The van der Waals surface area contributed by atoms with Gasteiger partial charge in [-0.15, -0.1) is 0 Å². The molecule has 0 radical (unpaired) electrons. The van der Waals surface area contributed by atoms with E-state index in [2.05, 4.69) is 5.32 Å². The maximum absolute atomic E-state index is 12.8. The minimum Gasteiger partial charge on any atom is -0.497 e. The Bertz CT molecular complexity index is 701. The van der Waals surface area contributed by atoms with Gasteiger partial charge in [0.2, 0.25) is 0 Å². The lowest BCUT2D eigenvalue weighted by molar-refractivity contribution is -0.126. The number of hydrogen-bond donors (Lipinski definition) is 1. The van der Waals surface area contributed by atoms with E-state index in [4.69, 9.17) is 9.47 Å². The number of carbonyl (C=O) groups is 2. The number of benzene rings is 1. The molecule has 0 saturated carbocycles. The predicted octanol–water partition coefficient (Wildman–Crippen LogP) is 1.13. The van der Waals surface area contributed by atoms with Crippen molar-refractivity contribution in [2.24, 2.45) is 0 Å². The van der Waals surface area contributed by atoms with Gasteiger partial charge in [0, 0.05) is 20.7 Å². The van der Waals surface area contributed by atoms with Gasteiger partial charge in [0.15, 0.2) is 0 Å². The van der Waals surface area contributed by atoms with Crippen molar-refractivity contribution in [3.63, 3.8) is 0 Å². The molecule has 2 heterocycles. The monoisotopic (exact) mass is 331 g/mol. The van der Waals surface area contributed by atoms with Gasteiger partial charge in [0.05, 0.1) is 37.6 Å². The molecule has 3 rings (SSSR count). The molecule has 7 heteroatoms. The van der Waals surface area contributed by atoms with E-state index < -0.39 is 6.04 Å². The number of hydrogen-bond acceptors (Lipinski definition) is 4. The van der Waals surface area contributed by atoms with Crippen LogP contribution >= 0.6 is 0 Å². The Labute approximate surface area is 140 Å². The van der Waals surface area contributed by atoms with Crippen LogP contribution in [0.25, 0.3) is 0 Å². The third kappa shape index (κ3) is 2.71. The molecule has 1 atom stereocenters. The van der Waals surface area contributed by atoms with Crippen LogP contribution in [0.3, 0.4) is 0 Å². The Hall–Kier alpha value is -2.54. The van der Waals surface area contributed by atoms with E-state index >= 15 is 0 Å². The molecular formula is C17H21N3O4. The lowest BCUT2D eigenvalue weighted by Crippen LogP contribution is -2.45. The number of nitrogens with zero attached hydrogens (tertiary/aromatic N) is 2. The third-order valence-corrected chi connectivity index (χ3v) is 4.43. The molecule has 0 bridgehead atoms. The fourth-order valence-electron chi connectivity index (χ4n) is 3.08. The van der Waals surface area contributed by atoms with Crippen molar-refractivity contribution in [2.75, 3.05) is 41.0 Å². The highest BCUT2D eigenvalue weighted by Crippen LogP contribution is 2.36. The van der Waals surface area contributed by atoms with Crippen LogP contribution in [0.2, 0.25) is 0 Å². The molecule has 2 aliphatic heterocycles. The van der Waals surface area contributed by atoms with E-state index in [1.54, 1.807) is 26.2 Å². The topological polar surface area (TPSA) is 71.1 Å². The van der Waals surface area contributed by atoms with Gasteiger partial charge in [-0.3, -0.25) is 9.69 Å². The van der Waals surface area contributed by atoms with Gasteiger partial charge in [-0.25, -0.2) is 4.79 Å². The highest BCUT2D eigenvalue weighted by molar-refractivity contribution is 6.01. The SMILES string of the molecule is COCCN1CC2=C(C1=O)[C@H](c1cccc(OC)c1)NC(=O)N2C. The summed E-state index contributed by atoms with van der Waals surface area (Å²) in [6, 6.07) is 6.71. The minimum absolute atomic E-state index is 0.0679. The second-order valence-corrected chi connectivity index (χ2v) is 5.80. The number of urea groups is 1. The van der Waals surface area contributed by atoms with Crippen LogP contribution in [0.15, 0.2) is 35.5 Å². The number of ether oxygens (including phenoxy) is 2. The minimum atomic E-state index is -0.473. The number of likely N-dealkylation sites (N-methyl/N-ethyl adjacent to an activating group) is 1.